The lowest BCUT2D eigenvalue weighted by Gasteiger charge is -2.37. The maximum atomic E-state index is 5.98. The lowest BCUT2D eigenvalue weighted by Crippen LogP contribution is -2.45. The van der Waals surface area contributed by atoms with Crippen LogP contribution in [-0.4, -0.2) is 46.4 Å². The minimum absolute atomic E-state index is 0.119. The van der Waals surface area contributed by atoms with E-state index < -0.39 is 0 Å². The molecule has 0 spiro atoms. The van der Waals surface area contributed by atoms with Gasteiger partial charge in [-0.2, -0.15) is 0 Å². The van der Waals surface area contributed by atoms with Gasteiger partial charge in [-0.3, -0.25) is 0 Å². The third-order valence-corrected chi connectivity index (χ3v) is 3.85. The molecule has 0 amide bonds. The van der Waals surface area contributed by atoms with Gasteiger partial charge in [-0.25, -0.2) is 0 Å². The molecule has 21 heavy (non-hydrogen) atoms. The van der Waals surface area contributed by atoms with E-state index in [1.165, 1.54) is 0 Å². The second-order valence-corrected chi connectivity index (χ2v) is 5.17. The van der Waals surface area contributed by atoms with Crippen LogP contribution in [0.25, 0.3) is 0 Å². The zero-order chi connectivity index (χ0) is 14.8. The van der Waals surface area contributed by atoms with Crippen molar-refractivity contribution in [2.24, 2.45) is 0 Å². The Morgan fingerprint density at radius 3 is 2.81 bits per heavy atom. The summed E-state index contributed by atoms with van der Waals surface area (Å²) in [6, 6.07) is 5.80. The highest BCUT2D eigenvalue weighted by molar-refractivity contribution is 5.45. The molecule has 3 rings (SSSR count). The lowest BCUT2D eigenvalue weighted by atomic mass is 9.96. The van der Waals surface area contributed by atoms with Crippen molar-refractivity contribution in [3.63, 3.8) is 0 Å². The molecule has 0 aliphatic carbocycles. The maximum absolute atomic E-state index is 5.98. The van der Waals surface area contributed by atoms with Crippen LogP contribution < -0.4 is 9.47 Å². The van der Waals surface area contributed by atoms with E-state index in [4.69, 9.17) is 23.7 Å². The molecular weight excluding hydrogens is 272 g/mol. The number of benzene rings is 1. The van der Waals surface area contributed by atoms with Crippen LogP contribution in [0, 0.1) is 0 Å². The Kier molecular flexibility index (Phi) is 4.14. The van der Waals surface area contributed by atoms with Crippen molar-refractivity contribution in [1.29, 1.82) is 0 Å². The van der Waals surface area contributed by atoms with Crippen LogP contribution in [0.2, 0.25) is 0 Å². The molecule has 1 aromatic rings. The van der Waals surface area contributed by atoms with Crippen LogP contribution in [0.5, 0.6) is 11.5 Å². The first kappa shape index (κ1) is 14.4. The molecule has 0 fully saturated rings. The van der Waals surface area contributed by atoms with Gasteiger partial charge >= 0.3 is 0 Å². The van der Waals surface area contributed by atoms with Crippen molar-refractivity contribution >= 4 is 0 Å². The summed E-state index contributed by atoms with van der Waals surface area (Å²) in [4.78, 5) is 0. The average molecular weight is 292 g/mol. The first-order valence-corrected chi connectivity index (χ1v) is 6.96. The number of hydrogen-bond acceptors (Lipinski definition) is 5. The normalized spacial score (nSPS) is 27.2. The summed E-state index contributed by atoms with van der Waals surface area (Å²) in [5, 5.41) is 0. The van der Waals surface area contributed by atoms with Gasteiger partial charge in [0.25, 0.3) is 0 Å². The van der Waals surface area contributed by atoms with Gasteiger partial charge in [-0.05, 0) is 24.3 Å². The first-order chi connectivity index (χ1) is 10.2. The Hall–Kier alpha value is -1.56. The van der Waals surface area contributed by atoms with E-state index in [1.54, 1.807) is 21.3 Å². The molecule has 0 bridgehead atoms. The Bertz CT molecular complexity index is 539. The van der Waals surface area contributed by atoms with Gasteiger partial charge in [-0.1, -0.05) is 0 Å². The van der Waals surface area contributed by atoms with E-state index >= 15 is 0 Å². The fraction of sp³-hybridized carbons (Fsp3) is 0.500. The van der Waals surface area contributed by atoms with Crippen LogP contribution in [0.15, 0.2) is 29.8 Å². The predicted molar refractivity (Wildman–Crippen MR) is 76.7 cm³/mol. The number of rotatable bonds is 4. The summed E-state index contributed by atoms with van der Waals surface area (Å²) in [5.74, 6) is 1.67. The van der Waals surface area contributed by atoms with Crippen molar-refractivity contribution in [3.05, 3.63) is 35.4 Å². The SMILES string of the molecule is COC[C@H]1O[C@H]2Oc3ccc(OC)cc3CC2=C[C@@H]1OC. The summed E-state index contributed by atoms with van der Waals surface area (Å²) in [6.07, 6.45) is 2.22. The fourth-order valence-electron chi connectivity index (χ4n) is 2.76. The molecule has 114 valence electrons. The third-order valence-electron chi connectivity index (χ3n) is 3.85. The molecule has 0 radical (unpaired) electrons. The Balaban J connectivity index is 1.87. The van der Waals surface area contributed by atoms with Crippen LogP contribution in [0.3, 0.4) is 0 Å². The van der Waals surface area contributed by atoms with E-state index in [2.05, 4.69) is 6.08 Å². The largest absolute Gasteiger partial charge is 0.497 e. The van der Waals surface area contributed by atoms with Crippen molar-refractivity contribution in [2.75, 3.05) is 27.9 Å². The van der Waals surface area contributed by atoms with Crippen molar-refractivity contribution in [1.82, 2.24) is 0 Å². The molecule has 1 aromatic carbocycles. The van der Waals surface area contributed by atoms with Gasteiger partial charge < -0.3 is 23.7 Å². The molecular formula is C16H20O5. The summed E-state index contributed by atoms with van der Waals surface area (Å²) in [7, 11) is 4.99. The number of fused-ring (bicyclic) bond motifs is 2. The van der Waals surface area contributed by atoms with Gasteiger partial charge in [0.05, 0.1) is 13.7 Å². The summed E-state index contributed by atoms with van der Waals surface area (Å²) >= 11 is 0. The highest BCUT2D eigenvalue weighted by Crippen LogP contribution is 2.36. The molecule has 0 N–H and O–H groups in total. The average Bonchev–Trinajstić information content (AvgIpc) is 2.52. The monoisotopic (exact) mass is 292 g/mol. The molecule has 2 heterocycles. The Morgan fingerprint density at radius 1 is 1.24 bits per heavy atom. The number of methoxy groups -OCH3 is 3. The smallest absolute Gasteiger partial charge is 0.223 e. The molecule has 5 nitrogen and oxygen atoms in total. The summed E-state index contributed by atoms with van der Waals surface area (Å²) in [5.41, 5.74) is 2.18. The molecule has 3 atom stereocenters. The molecule has 2 aliphatic heterocycles. The van der Waals surface area contributed by atoms with Crippen LogP contribution in [0.1, 0.15) is 5.56 Å². The second kappa shape index (κ2) is 6.05. The zero-order valence-corrected chi connectivity index (χ0v) is 12.5. The molecule has 0 saturated carbocycles. The standard InChI is InChI=1S/C16H20O5/c1-17-9-15-14(19-3)8-11-6-10-7-12(18-2)4-5-13(10)20-16(11)21-15/h4-5,7-8,14-16H,6,9H2,1-3H3/t14-,15+,16+/m0/s1. The zero-order valence-electron chi connectivity index (χ0n) is 12.5. The molecule has 0 aromatic heterocycles. The van der Waals surface area contributed by atoms with Crippen LogP contribution in [0.4, 0.5) is 0 Å². The lowest BCUT2D eigenvalue weighted by molar-refractivity contribution is -0.162. The van der Waals surface area contributed by atoms with Gasteiger partial charge in [0.1, 0.15) is 23.7 Å². The first-order valence-electron chi connectivity index (χ1n) is 6.96. The molecule has 5 heteroatoms. The Labute approximate surface area is 124 Å². The molecule has 0 saturated heterocycles. The number of hydrogen-bond donors (Lipinski definition) is 0. The highest BCUT2D eigenvalue weighted by Gasteiger charge is 2.36. The van der Waals surface area contributed by atoms with E-state index in [-0.39, 0.29) is 18.5 Å². The fourth-order valence-corrected chi connectivity index (χ4v) is 2.76. The van der Waals surface area contributed by atoms with E-state index in [9.17, 15) is 0 Å². The van der Waals surface area contributed by atoms with Gasteiger partial charge in [-0.15, -0.1) is 0 Å². The van der Waals surface area contributed by atoms with E-state index in [0.29, 0.717) is 6.61 Å². The van der Waals surface area contributed by atoms with Crippen molar-refractivity contribution < 1.29 is 23.7 Å². The summed E-state index contributed by atoms with van der Waals surface area (Å²) in [6.45, 7) is 0.470. The van der Waals surface area contributed by atoms with Crippen LogP contribution >= 0.6 is 0 Å². The minimum atomic E-state index is -0.363. The maximum Gasteiger partial charge on any atom is 0.223 e. The minimum Gasteiger partial charge on any atom is -0.497 e. The van der Waals surface area contributed by atoms with Gasteiger partial charge in [0.15, 0.2) is 0 Å². The second-order valence-electron chi connectivity index (χ2n) is 5.17. The third kappa shape index (κ3) is 2.77. The van der Waals surface area contributed by atoms with Crippen molar-refractivity contribution in [3.8, 4) is 11.5 Å². The Morgan fingerprint density at radius 2 is 2.10 bits per heavy atom. The van der Waals surface area contributed by atoms with E-state index in [1.807, 2.05) is 18.2 Å². The topological polar surface area (TPSA) is 46.2 Å². The predicted octanol–water partition coefficient (Wildman–Crippen LogP) is 1.94. The highest BCUT2D eigenvalue weighted by atomic mass is 16.7. The van der Waals surface area contributed by atoms with Crippen molar-refractivity contribution in [2.45, 2.75) is 24.9 Å². The van der Waals surface area contributed by atoms with E-state index in [0.717, 1.165) is 29.1 Å². The number of ether oxygens (including phenoxy) is 5. The van der Waals surface area contributed by atoms with Gasteiger partial charge in [0.2, 0.25) is 6.29 Å². The van der Waals surface area contributed by atoms with Crippen LogP contribution in [-0.2, 0) is 20.6 Å². The quantitative estimate of drug-likeness (QED) is 0.794. The molecule has 2 aliphatic rings. The summed E-state index contributed by atoms with van der Waals surface area (Å²) < 4.78 is 27.8. The molecule has 0 unspecified atom stereocenters. The van der Waals surface area contributed by atoms with Gasteiger partial charge in [0, 0.05) is 31.8 Å².